The Morgan fingerprint density at radius 1 is 1.22 bits per heavy atom. The zero-order valence-electron chi connectivity index (χ0n) is 13.3. The van der Waals surface area contributed by atoms with E-state index in [-0.39, 0.29) is 0 Å². The minimum absolute atomic E-state index is 0.747. The van der Waals surface area contributed by atoms with Crippen LogP contribution in [0.1, 0.15) is 23.2 Å². The van der Waals surface area contributed by atoms with Gasteiger partial charge in [0.25, 0.3) is 0 Å². The predicted molar refractivity (Wildman–Crippen MR) is 92.7 cm³/mol. The largest absolute Gasteiger partial charge is 0.367 e. The number of nitriles is 1. The van der Waals surface area contributed by atoms with E-state index < -0.39 is 0 Å². The first-order valence-corrected chi connectivity index (χ1v) is 8.08. The van der Waals surface area contributed by atoms with Gasteiger partial charge >= 0.3 is 0 Å². The van der Waals surface area contributed by atoms with Gasteiger partial charge in [0, 0.05) is 52.9 Å². The summed E-state index contributed by atoms with van der Waals surface area (Å²) in [5, 5.41) is 10.4. The fourth-order valence-electron chi connectivity index (χ4n) is 3.48. The standard InChI is InChI=1S/C20H19N3/c1-14-5-8-19-17(11-14)18-13-23(10-9-20(18)22-19)16-4-2-3-15(12-21)6-7-16/h3-8,11,22H,2,9-10,13H2,1H3. The molecule has 1 aliphatic carbocycles. The molecule has 2 heterocycles. The maximum atomic E-state index is 9.05. The number of H-pyrrole nitrogens is 1. The lowest BCUT2D eigenvalue weighted by atomic mass is 10.0. The summed E-state index contributed by atoms with van der Waals surface area (Å²) in [6.07, 6.45) is 10.1. The topological polar surface area (TPSA) is 42.8 Å². The maximum absolute atomic E-state index is 9.05. The summed E-state index contributed by atoms with van der Waals surface area (Å²) in [4.78, 5) is 6.00. The summed E-state index contributed by atoms with van der Waals surface area (Å²) < 4.78 is 0. The zero-order valence-corrected chi connectivity index (χ0v) is 13.3. The van der Waals surface area contributed by atoms with Crippen molar-refractivity contribution < 1.29 is 0 Å². The van der Waals surface area contributed by atoms with Crippen LogP contribution in [0.4, 0.5) is 0 Å². The van der Waals surface area contributed by atoms with Gasteiger partial charge in [0.1, 0.15) is 0 Å². The Morgan fingerprint density at radius 2 is 2.13 bits per heavy atom. The molecule has 0 fully saturated rings. The van der Waals surface area contributed by atoms with Gasteiger partial charge in [0.05, 0.1) is 6.07 Å². The van der Waals surface area contributed by atoms with Gasteiger partial charge in [-0.2, -0.15) is 5.26 Å². The van der Waals surface area contributed by atoms with Crippen molar-refractivity contribution in [3.63, 3.8) is 0 Å². The third-order valence-electron chi connectivity index (χ3n) is 4.72. The fraction of sp³-hybridized carbons (Fsp3) is 0.250. The van der Waals surface area contributed by atoms with E-state index in [0.29, 0.717) is 0 Å². The molecule has 2 aromatic rings. The van der Waals surface area contributed by atoms with Crippen molar-refractivity contribution in [2.45, 2.75) is 26.3 Å². The van der Waals surface area contributed by atoms with E-state index in [0.717, 1.165) is 31.5 Å². The number of aryl methyl sites for hydroxylation is 1. The summed E-state index contributed by atoms with van der Waals surface area (Å²) >= 11 is 0. The highest BCUT2D eigenvalue weighted by Crippen LogP contribution is 2.30. The first-order chi connectivity index (χ1) is 11.2. The second kappa shape index (κ2) is 5.48. The average molecular weight is 301 g/mol. The summed E-state index contributed by atoms with van der Waals surface area (Å²) in [6, 6.07) is 8.85. The van der Waals surface area contributed by atoms with Crippen molar-refractivity contribution in [2.24, 2.45) is 0 Å². The average Bonchev–Trinajstić information content (AvgIpc) is 2.76. The molecule has 4 rings (SSSR count). The van der Waals surface area contributed by atoms with Gasteiger partial charge in [0.2, 0.25) is 0 Å². The van der Waals surface area contributed by atoms with Crippen LogP contribution in [-0.4, -0.2) is 16.4 Å². The SMILES string of the molecule is Cc1ccc2[nH]c3c(c2c1)CN(C1=CCC=C(C#N)C=C1)CC3. The van der Waals surface area contributed by atoms with E-state index in [1.165, 1.54) is 33.4 Å². The van der Waals surface area contributed by atoms with Crippen molar-refractivity contribution in [3.8, 4) is 6.07 Å². The highest BCUT2D eigenvalue weighted by Gasteiger charge is 2.21. The van der Waals surface area contributed by atoms with Crippen molar-refractivity contribution in [3.05, 3.63) is 70.6 Å². The van der Waals surface area contributed by atoms with E-state index in [1.54, 1.807) is 0 Å². The molecule has 0 saturated carbocycles. The number of aromatic amines is 1. The molecule has 3 nitrogen and oxygen atoms in total. The number of rotatable bonds is 1. The number of benzene rings is 1. The van der Waals surface area contributed by atoms with Crippen LogP contribution in [-0.2, 0) is 13.0 Å². The smallest absolute Gasteiger partial charge is 0.0988 e. The van der Waals surface area contributed by atoms with E-state index in [4.69, 9.17) is 5.26 Å². The lowest BCUT2D eigenvalue weighted by molar-refractivity contribution is 0.331. The highest BCUT2D eigenvalue weighted by atomic mass is 15.1. The second-order valence-electron chi connectivity index (χ2n) is 6.27. The Kier molecular flexibility index (Phi) is 3.31. The third-order valence-corrected chi connectivity index (χ3v) is 4.72. The Morgan fingerprint density at radius 3 is 3.00 bits per heavy atom. The van der Waals surface area contributed by atoms with E-state index in [1.807, 2.05) is 12.2 Å². The second-order valence-corrected chi connectivity index (χ2v) is 6.27. The van der Waals surface area contributed by atoms with Crippen LogP contribution >= 0.6 is 0 Å². The molecule has 0 spiro atoms. The molecule has 1 aromatic carbocycles. The Bertz CT molecular complexity index is 903. The minimum Gasteiger partial charge on any atom is -0.367 e. The van der Waals surface area contributed by atoms with Gasteiger partial charge in [-0.25, -0.2) is 0 Å². The van der Waals surface area contributed by atoms with Crippen molar-refractivity contribution in [2.75, 3.05) is 6.54 Å². The Hall–Kier alpha value is -2.73. The zero-order chi connectivity index (χ0) is 15.8. The maximum Gasteiger partial charge on any atom is 0.0988 e. The number of fused-ring (bicyclic) bond motifs is 3. The monoisotopic (exact) mass is 301 g/mol. The molecular weight excluding hydrogens is 282 g/mol. The molecule has 0 atom stereocenters. The van der Waals surface area contributed by atoms with Gasteiger partial charge in [-0.3, -0.25) is 0 Å². The number of hydrogen-bond acceptors (Lipinski definition) is 2. The normalized spacial score (nSPS) is 17.3. The molecule has 0 unspecified atom stereocenters. The van der Waals surface area contributed by atoms with Crippen LogP contribution in [0.2, 0.25) is 0 Å². The number of aromatic nitrogens is 1. The summed E-state index contributed by atoms with van der Waals surface area (Å²) in [7, 11) is 0. The molecule has 2 aliphatic rings. The highest BCUT2D eigenvalue weighted by molar-refractivity contribution is 5.85. The third kappa shape index (κ3) is 2.47. The molecule has 23 heavy (non-hydrogen) atoms. The van der Waals surface area contributed by atoms with Crippen LogP contribution in [0, 0.1) is 18.3 Å². The quantitative estimate of drug-likeness (QED) is 0.860. The number of nitrogens with one attached hydrogen (secondary N) is 1. The van der Waals surface area contributed by atoms with Crippen molar-refractivity contribution in [1.29, 1.82) is 5.26 Å². The molecule has 1 aromatic heterocycles. The molecule has 1 N–H and O–H groups in total. The van der Waals surface area contributed by atoms with Crippen molar-refractivity contribution >= 4 is 10.9 Å². The molecule has 3 heteroatoms. The molecule has 114 valence electrons. The molecule has 0 bridgehead atoms. The summed E-state index contributed by atoms with van der Waals surface area (Å²) in [5.41, 5.74) is 7.29. The first-order valence-electron chi connectivity index (χ1n) is 8.08. The Labute approximate surface area is 136 Å². The lowest BCUT2D eigenvalue weighted by Gasteiger charge is -2.30. The summed E-state index contributed by atoms with van der Waals surface area (Å²) in [6.45, 7) is 4.08. The van der Waals surface area contributed by atoms with Gasteiger partial charge in [-0.05, 0) is 37.6 Å². The van der Waals surface area contributed by atoms with Crippen molar-refractivity contribution in [1.82, 2.24) is 9.88 Å². The number of allylic oxidation sites excluding steroid dienone is 5. The lowest BCUT2D eigenvalue weighted by Crippen LogP contribution is -2.29. The fourth-order valence-corrected chi connectivity index (χ4v) is 3.48. The van der Waals surface area contributed by atoms with Gasteiger partial charge in [-0.15, -0.1) is 0 Å². The van der Waals surface area contributed by atoms with Crippen LogP contribution in [0.3, 0.4) is 0 Å². The molecule has 0 radical (unpaired) electrons. The Balaban J connectivity index is 1.67. The van der Waals surface area contributed by atoms with Crippen LogP contribution in [0.15, 0.2) is 53.8 Å². The number of hydrogen-bond donors (Lipinski definition) is 1. The number of nitrogens with zero attached hydrogens (tertiary/aromatic N) is 2. The van der Waals surface area contributed by atoms with Crippen LogP contribution < -0.4 is 0 Å². The minimum atomic E-state index is 0.747. The molecule has 0 amide bonds. The molecular formula is C20H19N3. The molecule has 1 aliphatic heterocycles. The molecule has 0 saturated heterocycles. The van der Waals surface area contributed by atoms with E-state index in [9.17, 15) is 0 Å². The van der Waals surface area contributed by atoms with Gasteiger partial charge in [-0.1, -0.05) is 23.8 Å². The van der Waals surface area contributed by atoms with Gasteiger partial charge < -0.3 is 9.88 Å². The van der Waals surface area contributed by atoms with E-state index >= 15 is 0 Å². The van der Waals surface area contributed by atoms with Gasteiger partial charge in [0.15, 0.2) is 0 Å². The van der Waals surface area contributed by atoms with E-state index in [2.05, 4.69) is 53.2 Å². The summed E-state index contributed by atoms with van der Waals surface area (Å²) in [5.74, 6) is 0. The van der Waals surface area contributed by atoms with Crippen LogP contribution in [0.5, 0.6) is 0 Å². The first kappa shape index (κ1) is 13.9. The van der Waals surface area contributed by atoms with Crippen LogP contribution in [0.25, 0.3) is 10.9 Å². The predicted octanol–water partition coefficient (Wildman–Crippen LogP) is 4.13.